The van der Waals surface area contributed by atoms with Gasteiger partial charge in [0.25, 0.3) is 5.92 Å². The van der Waals surface area contributed by atoms with Crippen LogP contribution in [0.5, 0.6) is 0 Å². The molecule has 0 aliphatic heterocycles. The van der Waals surface area contributed by atoms with Crippen LogP contribution in [-0.4, -0.2) is 19.6 Å². The highest BCUT2D eigenvalue weighted by Gasteiger charge is 2.56. The monoisotopic (exact) mass is 122 g/mol. The van der Waals surface area contributed by atoms with E-state index >= 15 is 0 Å². The van der Waals surface area contributed by atoms with E-state index in [9.17, 15) is 8.78 Å². The van der Waals surface area contributed by atoms with Crippen LogP contribution in [0.2, 0.25) is 0 Å². The molecule has 1 aliphatic carbocycles. The van der Waals surface area contributed by atoms with E-state index in [0.717, 1.165) is 0 Å². The Balaban J connectivity index is 2.17. The van der Waals surface area contributed by atoms with Crippen LogP contribution < -0.4 is 0 Å². The number of ether oxygens (including phenoxy) is 1. The van der Waals surface area contributed by atoms with Crippen molar-refractivity contribution in [1.82, 2.24) is 0 Å². The van der Waals surface area contributed by atoms with E-state index < -0.39 is 11.8 Å². The van der Waals surface area contributed by atoms with Gasteiger partial charge in [0, 0.05) is 13.5 Å². The highest BCUT2D eigenvalue weighted by atomic mass is 19.3. The maximum absolute atomic E-state index is 11.9. The minimum absolute atomic E-state index is 0.0147. The second kappa shape index (κ2) is 1.65. The molecular formula is C5H8F2O. The summed E-state index contributed by atoms with van der Waals surface area (Å²) in [4.78, 5) is 0. The molecule has 0 spiro atoms. The van der Waals surface area contributed by atoms with Crippen molar-refractivity contribution in [3.63, 3.8) is 0 Å². The van der Waals surface area contributed by atoms with Crippen molar-refractivity contribution in [2.24, 2.45) is 5.92 Å². The van der Waals surface area contributed by atoms with Crippen molar-refractivity contribution < 1.29 is 13.5 Å². The Morgan fingerprint density at radius 1 is 1.75 bits per heavy atom. The lowest BCUT2D eigenvalue weighted by Gasteiger charge is -1.92. The van der Waals surface area contributed by atoms with Gasteiger partial charge in [0.05, 0.1) is 12.5 Å². The van der Waals surface area contributed by atoms with Gasteiger partial charge in [-0.1, -0.05) is 0 Å². The quantitative estimate of drug-likeness (QED) is 0.536. The third kappa shape index (κ3) is 0.968. The number of methoxy groups -OCH3 is 1. The molecule has 1 nitrogen and oxygen atoms in total. The van der Waals surface area contributed by atoms with Crippen molar-refractivity contribution >= 4 is 0 Å². The van der Waals surface area contributed by atoms with Crippen LogP contribution in [0.3, 0.4) is 0 Å². The van der Waals surface area contributed by atoms with Gasteiger partial charge >= 0.3 is 0 Å². The summed E-state index contributed by atoms with van der Waals surface area (Å²) in [5, 5.41) is 0. The smallest absolute Gasteiger partial charge is 0.253 e. The number of rotatable bonds is 2. The molecule has 8 heavy (non-hydrogen) atoms. The minimum Gasteiger partial charge on any atom is -0.384 e. The normalized spacial score (nSPS) is 32.6. The molecule has 1 saturated carbocycles. The summed E-state index contributed by atoms with van der Waals surface area (Å²) < 4.78 is 28.3. The molecule has 0 N–H and O–H groups in total. The molecular weight excluding hydrogens is 114 g/mol. The van der Waals surface area contributed by atoms with Crippen molar-refractivity contribution in [3.05, 3.63) is 0 Å². The first-order chi connectivity index (χ1) is 3.67. The predicted molar refractivity (Wildman–Crippen MR) is 24.9 cm³/mol. The Morgan fingerprint density at radius 3 is 2.38 bits per heavy atom. The molecule has 1 atom stereocenters. The second-order valence-electron chi connectivity index (χ2n) is 2.12. The standard InChI is InChI=1S/C5H8F2O/c1-8-3-4-2-5(4,6)7/h4H,2-3H2,1H3. The summed E-state index contributed by atoms with van der Waals surface area (Å²) in [5.74, 6) is -2.90. The number of alkyl halides is 2. The van der Waals surface area contributed by atoms with Crippen LogP contribution in [0.1, 0.15) is 6.42 Å². The van der Waals surface area contributed by atoms with E-state index in [0.29, 0.717) is 0 Å². The van der Waals surface area contributed by atoms with E-state index in [1.807, 2.05) is 0 Å². The Bertz CT molecular complexity index is 92.4. The van der Waals surface area contributed by atoms with Crippen LogP contribution in [0.15, 0.2) is 0 Å². The van der Waals surface area contributed by atoms with Gasteiger partial charge in [-0.25, -0.2) is 8.78 Å². The topological polar surface area (TPSA) is 9.23 Å². The van der Waals surface area contributed by atoms with Gasteiger partial charge in [-0.3, -0.25) is 0 Å². The molecule has 0 saturated heterocycles. The summed E-state index contributed by atoms with van der Waals surface area (Å²) in [6.45, 7) is 0.201. The van der Waals surface area contributed by atoms with Crippen LogP contribution >= 0.6 is 0 Å². The van der Waals surface area contributed by atoms with Gasteiger partial charge in [-0.2, -0.15) is 0 Å². The fourth-order valence-corrected chi connectivity index (χ4v) is 0.652. The lowest BCUT2D eigenvalue weighted by Crippen LogP contribution is -1.99. The maximum Gasteiger partial charge on any atom is 0.253 e. The summed E-state index contributed by atoms with van der Waals surface area (Å²) in [5.41, 5.74) is 0. The van der Waals surface area contributed by atoms with Crippen molar-refractivity contribution in [2.45, 2.75) is 12.3 Å². The van der Waals surface area contributed by atoms with Gasteiger partial charge in [0.1, 0.15) is 0 Å². The molecule has 48 valence electrons. The minimum atomic E-state index is -2.41. The lowest BCUT2D eigenvalue weighted by molar-refractivity contribution is 0.0706. The van der Waals surface area contributed by atoms with Crippen LogP contribution in [-0.2, 0) is 4.74 Å². The summed E-state index contributed by atoms with van der Waals surface area (Å²) in [7, 11) is 1.44. The number of hydrogen-bond acceptors (Lipinski definition) is 1. The summed E-state index contributed by atoms with van der Waals surface area (Å²) in [6.07, 6.45) is 0.0147. The molecule has 0 heterocycles. The number of halogens is 2. The predicted octanol–water partition coefficient (Wildman–Crippen LogP) is 1.29. The second-order valence-corrected chi connectivity index (χ2v) is 2.12. The highest BCUT2D eigenvalue weighted by molar-refractivity contribution is 4.94. The number of hydrogen-bond donors (Lipinski definition) is 0. The van der Waals surface area contributed by atoms with Gasteiger partial charge in [-0.05, 0) is 0 Å². The zero-order valence-corrected chi connectivity index (χ0v) is 4.66. The van der Waals surface area contributed by atoms with E-state index in [1.165, 1.54) is 7.11 Å². The Morgan fingerprint density at radius 2 is 2.25 bits per heavy atom. The van der Waals surface area contributed by atoms with Crippen LogP contribution in [0.25, 0.3) is 0 Å². The summed E-state index contributed by atoms with van der Waals surface area (Å²) >= 11 is 0. The van der Waals surface area contributed by atoms with Gasteiger partial charge < -0.3 is 4.74 Å². The summed E-state index contributed by atoms with van der Waals surface area (Å²) in [6, 6.07) is 0. The first-order valence-electron chi connectivity index (χ1n) is 2.53. The molecule has 0 aromatic heterocycles. The highest BCUT2D eigenvalue weighted by Crippen LogP contribution is 2.48. The lowest BCUT2D eigenvalue weighted by atomic mass is 10.4. The van der Waals surface area contributed by atoms with Crippen molar-refractivity contribution in [3.8, 4) is 0 Å². The van der Waals surface area contributed by atoms with E-state index in [2.05, 4.69) is 4.74 Å². The molecule has 0 amide bonds. The molecule has 1 aliphatic rings. The molecule has 0 aromatic rings. The molecule has 1 unspecified atom stereocenters. The van der Waals surface area contributed by atoms with Gasteiger partial charge in [-0.15, -0.1) is 0 Å². The average molecular weight is 122 g/mol. The Hall–Kier alpha value is -0.180. The van der Waals surface area contributed by atoms with Crippen molar-refractivity contribution in [1.29, 1.82) is 0 Å². The Labute approximate surface area is 46.6 Å². The maximum atomic E-state index is 11.9. The fourth-order valence-electron chi connectivity index (χ4n) is 0.652. The Kier molecular flexibility index (Phi) is 1.23. The fraction of sp³-hybridized carbons (Fsp3) is 1.00. The zero-order valence-electron chi connectivity index (χ0n) is 4.66. The first-order valence-corrected chi connectivity index (χ1v) is 2.53. The largest absolute Gasteiger partial charge is 0.384 e. The molecule has 0 aromatic carbocycles. The molecule has 0 radical (unpaired) electrons. The third-order valence-corrected chi connectivity index (χ3v) is 1.32. The molecule has 1 fully saturated rings. The van der Waals surface area contributed by atoms with Crippen LogP contribution in [0.4, 0.5) is 8.78 Å². The third-order valence-electron chi connectivity index (χ3n) is 1.32. The molecule has 3 heteroatoms. The average Bonchev–Trinajstić information content (AvgIpc) is 2.15. The van der Waals surface area contributed by atoms with E-state index in [1.54, 1.807) is 0 Å². The van der Waals surface area contributed by atoms with Gasteiger partial charge in [0.15, 0.2) is 0 Å². The SMILES string of the molecule is COCC1CC1(F)F. The van der Waals surface area contributed by atoms with Crippen molar-refractivity contribution in [2.75, 3.05) is 13.7 Å². The van der Waals surface area contributed by atoms with Gasteiger partial charge in [0.2, 0.25) is 0 Å². The first kappa shape index (κ1) is 5.95. The van der Waals surface area contributed by atoms with E-state index in [-0.39, 0.29) is 13.0 Å². The van der Waals surface area contributed by atoms with E-state index in [4.69, 9.17) is 0 Å². The molecule has 0 bridgehead atoms. The zero-order chi connectivity index (χ0) is 6.20. The van der Waals surface area contributed by atoms with Crippen LogP contribution in [0, 0.1) is 5.92 Å². The molecule has 1 rings (SSSR count).